The van der Waals surface area contributed by atoms with Gasteiger partial charge in [0.25, 0.3) is 10.0 Å². The van der Waals surface area contributed by atoms with Gasteiger partial charge < -0.3 is 0 Å². The van der Waals surface area contributed by atoms with E-state index in [9.17, 15) is 17.6 Å². The fourth-order valence-corrected chi connectivity index (χ4v) is 3.49. The van der Waals surface area contributed by atoms with E-state index < -0.39 is 15.8 Å². The Morgan fingerprint density at radius 2 is 1.65 bits per heavy atom. The van der Waals surface area contributed by atoms with Gasteiger partial charge in [0.05, 0.1) is 21.6 Å². The van der Waals surface area contributed by atoms with Crippen LogP contribution in [0.2, 0.25) is 0 Å². The molecule has 3 aromatic rings. The third-order valence-electron chi connectivity index (χ3n) is 3.67. The normalized spacial score (nSPS) is 11.8. The van der Waals surface area contributed by atoms with E-state index in [2.05, 4.69) is 4.72 Å². The third-order valence-corrected chi connectivity index (χ3v) is 5.04. The number of benzene rings is 2. The summed E-state index contributed by atoms with van der Waals surface area (Å²) in [4.78, 5) is 11.8. The zero-order valence-electron chi connectivity index (χ0n) is 12.4. The van der Waals surface area contributed by atoms with Crippen LogP contribution >= 0.6 is 0 Å². The Labute approximate surface area is 131 Å². The van der Waals surface area contributed by atoms with Crippen LogP contribution in [0.1, 0.15) is 0 Å². The predicted molar refractivity (Wildman–Crippen MR) is 85.4 cm³/mol. The number of nitrogens with zero attached hydrogens (tertiary/aromatic N) is 2. The molecule has 0 bridgehead atoms. The number of hydrogen-bond acceptors (Lipinski definition) is 3. The minimum absolute atomic E-state index is 0.0468. The van der Waals surface area contributed by atoms with Gasteiger partial charge in [-0.3, -0.25) is 13.9 Å². The van der Waals surface area contributed by atoms with Crippen molar-refractivity contribution in [3.8, 4) is 0 Å². The summed E-state index contributed by atoms with van der Waals surface area (Å²) in [5, 5.41) is 0. The lowest BCUT2D eigenvalue weighted by Crippen LogP contribution is -2.19. The number of anilines is 1. The van der Waals surface area contributed by atoms with Crippen molar-refractivity contribution in [3.05, 3.63) is 58.8 Å². The first kappa shape index (κ1) is 15.3. The number of para-hydroxylation sites is 1. The van der Waals surface area contributed by atoms with Crippen molar-refractivity contribution in [1.82, 2.24) is 9.13 Å². The average molecular weight is 335 g/mol. The Morgan fingerprint density at radius 3 is 2.35 bits per heavy atom. The summed E-state index contributed by atoms with van der Waals surface area (Å²) in [6.07, 6.45) is 0. The van der Waals surface area contributed by atoms with Crippen molar-refractivity contribution >= 4 is 26.7 Å². The number of nitrogens with one attached hydrogen (secondary N) is 1. The largest absolute Gasteiger partial charge is 0.328 e. The summed E-state index contributed by atoms with van der Waals surface area (Å²) in [6, 6.07) is 9.83. The highest BCUT2D eigenvalue weighted by molar-refractivity contribution is 7.92. The van der Waals surface area contributed by atoms with Gasteiger partial charge in [0.15, 0.2) is 0 Å². The molecule has 0 saturated carbocycles. The first-order chi connectivity index (χ1) is 10.8. The fraction of sp³-hybridized carbons (Fsp3) is 0.133. The summed E-state index contributed by atoms with van der Waals surface area (Å²) in [7, 11) is -0.794. The molecule has 0 aliphatic rings. The molecule has 0 fully saturated rings. The van der Waals surface area contributed by atoms with Crippen molar-refractivity contribution in [1.29, 1.82) is 0 Å². The minimum atomic E-state index is -3.96. The number of rotatable bonds is 3. The second-order valence-electron chi connectivity index (χ2n) is 5.14. The second kappa shape index (κ2) is 5.24. The summed E-state index contributed by atoms with van der Waals surface area (Å²) < 4.78 is 43.5. The Hall–Kier alpha value is -2.61. The molecular formula is C15H14FN3O3S. The summed E-state index contributed by atoms with van der Waals surface area (Å²) in [6.45, 7) is 0. The van der Waals surface area contributed by atoms with Gasteiger partial charge in [0.2, 0.25) is 0 Å². The summed E-state index contributed by atoms with van der Waals surface area (Å²) in [5.41, 5.74) is 0.711. The van der Waals surface area contributed by atoms with Crippen molar-refractivity contribution in [2.45, 2.75) is 4.90 Å². The molecule has 0 saturated heterocycles. The van der Waals surface area contributed by atoms with Crippen LogP contribution in [0.4, 0.5) is 10.1 Å². The Balaban J connectivity index is 2.10. The van der Waals surface area contributed by atoms with Gasteiger partial charge in [-0.15, -0.1) is 0 Å². The molecule has 0 atom stereocenters. The lowest BCUT2D eigenvalue weighted by Gasteiger charge is -2.09. The van der Waals surface area contributed by atoms with Crippen molar-refractivity contribution in [2.75, 3.05) is 4.72 Å². The van der Waals surface area contributed by atoms with Crippen LogP contribution in [0.3, 0.4) is 0 Å². The van der Waals surface area contributed by atoms with Gasteiger partial charge in [-0.2, -0.15) is 0 Å². The standard InChI is InChI=1S/C15H14FN3O3S/c1-18-13-8-7-10(9-14(13)19(2)15(18)20)23(21,22)17-12-6-4-3-5-11(12)16/h3-9,17H,1-2H3. The molecule has 2 aromatic carbocycles. The highest BCUT2D eigenvalue weighted by Crippen LogP contribution is 2.22. The summed E-state index contributed by atoms with van der Waals surface area (Å²) >= 11 is 0. The van der Waals surface area contributed by atoms with Gasteiger partial charge in [-0.25, -0.2) is 17.6 Å². The van der Waals surface area contributed by atoms with Gasteiger partial charge >= 0.3 is 5.69 Å². The molecule has 0 unspecified atom stereocenters. The van der Waals surface area contributed by atoms with Crippen LogP contribution in [-0.2, 0) is 24.1 Å². The minimum Gasteiger partial charge on any atom is -0.295 e. The molecule has 0 amide bonds. The number of aryl methyl sites for hydroxylation is 2. The number of sulfonamides is 1. The van der Waals surface area contributed by atoms with Crippen molar-refractivity contribution < 1.29 is 12.8 Å². The molecule has 1 aromatic heterocycles. The Morgan fingerprint density at radius 1 is 1.00 bits per heavy atom. The number of hydrogen-bond donors (Lipinski definition) is 1. The number of fused-ring (bicyclic) bond motifs is 1. The molecule has 6 nitrogen and oxygen atoms in total. The predicted octanol–water partition coefficient (Wildman–Crippen LogP) is 1.82. The monoisotopic (exact) mass is 335 g/mol. The van der Waals surface area contributed by atoms with Crippen LogP contribution < -0.4 is 10.4 Å². The van der Waals surface area contributed by atoms with Gasteiger partial charge in [-0.05, 0) is 30.3 Å². The zero-order valence-corrected chi connectivity index (χ0v) is 13.3. The molecule has 0 aliphatic heterocycles. The zero-order chi connectivity index (χ0) is 16.8. The number of imidazole rings is 1. The van der Waals surface area contributed by atoms with E-state index in [1.165, 1.54) is 45.5 Å². The van der Waals surface area contributed by atoms with E-state index in [-0.39, 0.29) is 16.3 Å². The quantitative estimate of drug-likeness (QED) is 0.793. The van der Waals surface area contributed by atoms with E-state index in [1.54, 1.807) is 20.2 Å². The van der Waals surface area contributed by atoms with Gasteiger partial charge in [-0.1, -0.05) is 12.1 Å². The maximum absolute atomic E-state index is 13.6. The van der Waals surface area contributed by atoms with Crippen LogP contribution in [0.15, 0.2) is 52.2 Å². The topological polar surface area (TPSA) is 73.1 Å². The highest BCUT2D eigenvalue weighted by Gasteiger charge is 2.18. The molecule has 8 heteroatoms. The molecule has 120 valence electrons. The van der Waals surface area contributed by atoms with Crippen LogP contribution in [-0.4, -0.2) is 17.6 Å². The molecule has 0 aliphatic carbocycles. The molecule has 1 N–H and O–H groups in total. The molecule has 1 heterocycles. The van der Waals surface area contributed by atoms with Gasteiger partial charge in [0.1, 0.15) is 5.82 Å². The first-order valence-corrected chi connectivity index (χ1v) is 8.22. The molecule has 23 heavy (non-hydrogen) atoms. The van der Waals surface area contributed by atoms with E-state index in [0.717, 1.165) is 0 Å². The van der Waals surface area contributed by atoms with Crippen LogP contribution in [0.25, 0.3) is 11.0 Å². The van der Waals surface area contributed by atoms with E-state index in [1.807, 2.05) is 0 Å². The summed E-state index contributed by atoms with van der Waals surface area (Å²) in [5.74, 6) is -0.663. The first-order valence-electron chi connectivity index (χ1n) is 6.74. The molecule has 0 spiro atoms. The van der Waals surface area contributed by atoms with Crippen molar-refractivity contribution in [2.24, 2.45) is 14.1 Å². The maximum atomic E-state index is 13.6. The average Bonchev–Trinajstić information content (AvgIpc) is 2.74. The van der Waals surface area contributed by atoms with E-state index in [0.29, 0.717) is 11.0 Å². The lowest BCUT2D eigenvalue weighted by molar-refractivity contribution is 0.598. The van der Waals surface area contributed by atoms with Crippen molar-refractivity contribution in [3.63, 3.8) is 0 Å². The molecule has 0 radical (unpaired) electrons. The number of aromatic nitrogens is 2. The molecular weight excluding hydrogens is 321 g/mol. The lowest BCUT2D eigenvalue weighted by atomic mass is 10.3. The Kier molecular flexibility index (Phi) is 3.48. The SMILES string of the molecule is Cn1c(=O)n(C)c2cc(S(=O)(=O)Nc3ccccc3F)ccc21. The molecule has 3 rings (SSSR count). The number of halogens is 1. The Bertz CT molecular complexity index is 1070. The fourth-order valence-electron chi connectivity index (χ4n) is 2.40. The maximum Gasteiger partial charge on any atom is 0.328 e. The van der Waals surface area contributed by atoms with Crippen LogP contribution in [0, 0.1) is 5.82 Å². The smallest absolute Gasteiger partial charge is 0.295 e. The third kappa shape index (κ3) is 2.50. The van der Waals surface area contributed by atoms with Gasteiger partial charge in [0, 0.05) is 14.1 Å². The highest BCUT2D eigenvalue weighted by atomic mass is 32.2. The van der Waals surface area contributed by atoms with E-state index in [4.69, 9.17) is 0 Å². The van der Waals surface area contributed by atoms with E-state index >= 15 is 0 Å². The second-order valence-corrected chi connectivity index (χ2v) is 6.82. The van der Waals surface area contributed by atoms with Crippen LogP contribution in [0.5, 0.6) is 0 Å².